The first-order chi connectivity index (χ1) is 43.1. The van der Waals surface area contributed by atoms with E-state index in [0.29, 0.717) is 30.8 Å². The van der Waals surface area contributed by atoms with Gasteiger partial charge in [0.15, 0.2) is 5.72 Å². The first-order valence-corrected chi connectivity index (χ1v) is 30.6. The number of amides is 7. The Labute approximate surface area is 536 Å². The number of fused-ring (bicyclic) bond motifs is 7. The van der Waals surface area contributed by atoms with Crippen molar-refractivity contribution >= 4 is 75.7 Å². The summed E-state index contributed by atoms with van der Waals surface area (Å²) in [5.74, 6) is -3.85. The number of esters is 1. The number of alkyl carbamates (subject to hydrolysis) is 1. The predicted molar refractivity (Wildman–Crippen MR) is 336 cm³/mol. The van der Waals surface area contributed by atoms with Gasteiger partial charge in [0, 0.05) is 112 Å². The number of hydrogen-bond donors (Lipinski definition) is 5. The Balaban J connectivity index is 1.12. The quantitative estimate of drug-likeness (QED) is 0.0515. The molecule has 2 aromatic carbocycles. The van der Waals surface area contributed by atoms with E-state index in [1.165, 1.54) is 75.1 Å². The van der Waals surface area contributed by atoms with E-state index in [1.807, 2.05) is 50.3 Å². The number of benzene rings is 2. The molecule has 502 valence electrons. The van der Waals surface area contributed by atoms with Crippen LogP contribution in [0.4, 0.5) is 10.5 Å². The van der Waals surface area contributed by atoms with Crippen LogP contribution in [0.3, 0.4) is 0 Å². The van der Waals surface area contributed by atoms with E-state index in [0.717, 1.165) is 27.1 Å². The van der Waals surface area contributed by atoms with Gasteiger partial charge in [0.1, 0.15) is 46.3 Å². The molecule has 0 spiro atoms. The maximum Gasteiger partial charge on any atom is 0.409 e. The SMILES string of the molecule is CNN(C)Cc1cc2ccccc2n1CCC(=O)NCC(=O)N(CCOC)CC(=O)N(CCOC)CC(=O)N(CCOC)CCC(=O)N(C)[C@@H](C)C(=O)O[C@H]1CC(=O)N(C)c2cc(cc(OC)c2Cl)C/C(C)=C/C=C/[C@@H](O)[C@@]2(O)C[C@H](OC(=O)N2)C2(C)C[C@@]1(C)O2. The Kier molecular flexibility index (Phi) is 26.3. The molecular formula is C63H91ClN10O17. The van der Waals surface area contributed by atoms with Crippen LogP contribution in [0.15, 0.2) is 66.3 Å². The van der Waals surface area contributed by atoms with E-state index < -0.39 is 109 Å². The number of rotatable bonds is 28. The van der Waals surface area contributed by atoms with Crippen LogP contribution in [-0.4, -0.2) is 250 Å². The number of ether oxygens (including phenoxy) is 7. The number of carbonyl (C=O) groups excluding carboxylic acids is 8. The average molecular weight is 1300 g/mol. The number of aromatic nitrogens is 1. The lowest BCUT2D eigenvalue weighted by Gasteiger charge is -2.59. The van der Waals surface area contributed by atoms with Crippen LogP contribution in [-0.2, 0) is 81.5 Å². The van der Waals surface area contributed by atoms with E-state index in [9.17, 15) is 48.6 Å². The number of para-hydroxylation sites is 1. The fourth-order valence-corrected chi connectivity index (χ4v) is 11.6. The lowest BCUT2D eigenvalue weighted by Crippen LogP contribution is -2.72. The predicted octanol–water partition coefficient (Wildman–Crippen LogP) is 2.55. The molecule has 27 nitrogen and oxygen atoms in total. The van der Waals surface area contributed by atoms with Gasteiger partial charge in [0.2, 0.25) is 35.4 Å². The molecule has 3 aromatic rings. The van der Waals surface area contributed by atoms with E-state index in [4.69, 9.17) is 44.8 Å². The summed E-state index contributed by atoms with van der Waals surface area (Å²) >= 11 is 6.84. The van der Waals surface area contributed by atoms with Gasteiger partial charge in [-0.05, 0) is 76.4 Å². The van der Waals surface area contributed by atoms with Gasteiger partial charge < -0.3 is 77.8 Å². The number of carbonyl (C=O) groups is 8. The molecule has 4 aliphatic heterocycles. The van der Waals surface area contributed by atoms with Gasteiger partial charge in [0.25, 0.3) is 0 Å². The number of anilines is 1. The number of methoxy groups -OCH3 is 4. The van der Waals surface area contributed by atoms with Crippen molar-refractivity contribution in [2.24, 2.45) is 0 Å². The number of nitrogens with one attached hydrogen (secondary N) is 3. The normalized spacial score (nSPS) is 23.0. The Bertz CT molecular complexity index is 3130. The number of aliphatic hydroxyl groups is 2. The second kappa shape index (κ2) is 32.9. The van der Waals surface area contributed by atoms with Gasteiger partial charge in [-0.2, -0.15) is 0 Å². The molecule has 2 saturated heterocycles. The van der Waals surface area contributed by atoms with Crippen LogP contribution in [0.1, 0.15) is 71.1 Å². The second-order valence-corrected chi connectivity index (χ2v) is 24.0. The maximum atomic E-state index is 14.5. The maximum absolute atomic E-state index is 14.5. The molecule has 91 heavy (non-hydrogen) atoms. The zero-order valence-corrected chi connectivity index (χ0v) is 55.1. The van der Waals surface area contributed by atoms with Crippen molar-refractivity contribution in [1.82, 2.24) is 45.2 Å². The molecule has 7 rings (SSSR count). The molecule has 1 aromatic heterocycles. The van der Waals surface area contributed by atoms with Crippen molar-refractivity contribution in [3.8, 4) is 5.75 Å². The number of hydrogen-bond acceptors (Lipinski definition) is 19. The number of aliphatic hydroxyl groups excluding tert-OH is 1. The lowest BCUT2D eigenvalue weighted by molar-refractivity contribution is -0.328. The molecule has 0 radical (unpaired) electrons. The minimum Gasteiger partial charge on any atom is -0.495 e. The van der Waals surface area contributed by atoms with Crippen molar-refractivity contribution in [2.75, 3.05) is 127 Å². The Hall–Kier alpha value is -7.21. The molecule has 0 aliphatic carbocycles. The zero-order valence-electron chi connectivity index (χ0n) is 54.3. The van der Waals surface area contributed by atoms with Gasteiger partial charge >= 0.3 is 12.1 Å². The fraction of sp³-hybridized carbons (Fsp3) is 0.587. The number of likely N-dealkylation sites (N-methyl/N-ethyl adjacent to an activating group) is 1. The van der Waals surface area contributed by atoms with Crippen molar-refractivity contribution in [2.45, 2.75) is 121 Å². The standard InChI is InChI=1S/C63H91ClN10O17/c1-41-16-15-19-49(75)63(84)35-51(90-60(83)67-63)62(4)40-61(3,91-62)50(34-54(78)70(8)47-31-43(30-41)32-48(88-12)58(47)64)89-59(82)42(2)69(7)53(77)21-22-71(24-27-85-9)56(80)38-73(26-29-87-11)57(81)39-72(25-28-86-10)55(79)36-66-52(76)20-23-74-45(37-68(6)65-5)33-44-17-13-14-18-46(44)74/h13-19,31-33,42,49-51,65,75,84H,20-30,34-40H2,1-12H3,(H,66,76)(H,67,83)/b19-15+,41-16+/t42-,49+,50-,51-,61+,62?,63-/m0/s1. The molecule has 6 bridgehead atoms. The summed E-state index contributed by atoms with van der Waals surface area (Å²) in [6.45, 7) is 6.06. The molecule has 7 atom stereocenters. The third kappa shape index (κ3) is 19.0. The molecule has 7 amide bonds. The van der Waals surface area contributed by atoms with E-state index >= 15 is 0 Å². The highest BCUT2D eigenvalue weighted by molar-refractivity contribution is 6.35. The lowest BCUT2D eigenvalue weighted by atomic mass is 9.72. The zero-order chi connectivity index (χ0) is 67.0. The van der Waals surface area contributed by atoms with Crippen molar-refractivity contribution in [3.05, 3.63) is 82.5 Å². The third-order valence-corrected chi connectivity index (χ3v) is 17.3. The van der Waals surface area contributed by atoms with Crippen LogP contribution in [0.25, 0.3) is 10.9 Å². The number of nitrogens with zero attached hydrogens (tertiary/aromatic N) is 7. The Morgan fingerprint density at radius 2 is 1.49 bits per heavy atom. The molecule has 4 aliphatic rings. The summed E-state index contributed by atoms with van der Waals surface area (Å²) in [7, 11) is 12.4. The fourth-order valence-electron chi connectivity index (χ4n) is 11.3. The smallest absolute Gasteiger partial charge is 0.409 e. The molecule has 0 saturated carbocycles. The van der Waals surface area contributed by atoms with Crippen LogP contribution in [0.5, 0.6) is 5.75 Å². The third-order valence-electron chi connectivity index (χ3n) is 16.9. The summed E-state index contributed by atoms with van der Waals surface area (Å²) < 4.78 is 41.9. The van der Waals surface area contributed by atoms with Gasteiger partial charge in [-0.25, -0.2) is 14.6 Å². The van der Waals surface area contributed by atoms with Crippen molar-refractivity contribution in [3.63, 3.8) is 0 Å². The van der Waals surface area contributed by atoms with Gasteiger partial charge in [-0.3, -0.25) is 39.5 Å². The molecule has 5 heterocycles. The van der Waals surface area contributed by atoms with Crippen LogP contribution in [0, 0.1) is 0 Å². The first kappa shape index (κ1) is 72.8. The second-order valence-electron chi connectivity index (χ2n) is 23.7. The number of halogens is 1. The van der Waals surface area contributed by atoms with Gasteiger partial charge in [-0.1, -0.05) is 53.6 Å². The largest absolute Gasteiger partial charge is 0.495 e. The topological polar surface area (TPSA) is 302 Å². The molecule has 28 heteroatoms. The Morgan fingerprint density at radius 1 is 0.868 bits per heavy atom. The van der Waals surface area contributed by atoms with E-state index in [1.54, 1.807) is 38.1 Å². The summed E-state index contributed by atoms with van der Waals surface area (Å²) in [5.41, 5.74) is 1.92. The average Bonchev–Trinajstić information content (AvgIpc) is 1.30. The minimum absolute atomic E-state index is 0.00285. The molecule has 1 unspecified atom stereocenters. The minimum atomic E-state index is -2.18. The summed E-state index contributed by atoms with van der Waals surface area (Å²) in [6, 6.07) is 12.1. The van der Waals surface area contributed by atoms with Gasteiger partial charge in [-0.15, -0.1) is 0 Å². The van der Waals surface area contributed by atoms with Crippen molar-refractivity contribution < 1.29 is 81.7 Å². The van der Waals surface area contributed by atoms with Gasteiger partial charge in [0.05, 0.1) is 65.2 Å². The molecule has 2 fully saturated rings. The highest BCUT2D eigenvalue weighted by atomic mass is 35.5. The monoisotopic (exact) mass is 1290 g/mol. The van der Waals surface area contributed by atoms with Crippen molar-refractivity contribution in [1.29, 1.82) is 0 Å². The highest BCUT2D eigenvalue weighted by Crippen LogP contribution is 2.50. The Morgan fingerprint density at radius 3 is 2.13 bits per heavy atom. The summed E-state index contributed by atoms with van der Waals surface area (Å²) in [4.78, 5) is 118. The highest BCUT2D eigenvalue weighted by Gasteiger charge is 2.63. The van der Waals surface area contributed by atoms with E-state index in [2.05, 4.69) is 26.7 Å². The molecule has 5 N–H and O–H groups in total. The van der Waals surface area contributed by atoms with Crippen LogP contribution in [0.2, 0.25) is 5.02 Å². The summed E-state index contributed by atoms with van der Waals surface area (Å²) in [6.07, 6.45) is -1.11. The first-order valence-electron chi connectivity index (χ1n) is 30.2. The van der Waals surface area contributed by atoms with Crippen LogP contribution >= 0.6 is 11.6 Å². The molecular weight excluding hydrogens is 1200 g/mol. The van der Waals surface area contributed by atoms with Crippen LogP contribution < -0.4 is 25.7 Å². The number of hydrazine groups is 1. The number of allylic oxidation sites excluding steroid dienone is 3. The summed E-state index contributed by atoms with van der Waals surface area (Å²) in [5, 5.41) is 31.0. The number of aryl methyl sites for hydroxylation is 1. The van der Waals surface area contributed by atoms with E-state index in [-0.39, 0.29) is 88.4 Å².